The van der Waals surface area contributed by atoms with E-state index in [0.29, 0.717) is 6.61 Å². The first kappa shape index (κ1) is 14.4. The molecule has 0 aliphatic heterocycles. The van der Waals surface area contributed by atoms with E-state index in [2.05, 4.69) is 18.7 Å². The zero-order valence-corrected chi connectivity index (χ0v) is 12.0. The summed E-state index contributed by atoms with van der Waals surface area (Å²) in [5.74, 6) is 0.855. The molecule has 0 radical (unpaired) electrons. The predicted molar refractivity (Wildman–Crippen MR) is 81.8 cm³/mol. The van der Waals surface area contributed by atoms with Crippen LogP contribution in [-0.4, -0.2) is 7.11 Å². The lowest BCUT2D eigenvalue weighted by molar-refractivity contribution is 0.0643. The van der Waals surface area contributed by atoms with Crippen molar-refractivity contribution in [2.75, 3.05) is 7.11 Å². The van der Waals surface area contributed by atoms with Crippen LogP contribution in [-0.2, 0) is 11.3 Å². The first-order chi connectivity index (χ1) is 9.70. The van der Waals surface area contributed by atoms with Gasteiger partial charge in [0.15, 0.2) is 0 Å². The second kappa shape index (κ2) is 6.92. The molecule has 2 aromatic rings. The van der Waals surface area contributed by atoms with Crippen molar-refractivity contribution in [2.45, 2.75) is 19.6 Å². The van der Waals surface area contributed by atoms with Crippen LogP contribution in [0.2, 0.25) is 0 Å². The summed E-state index contributed by atoms with van der Waals surface area (Å²) >= 11 is 0. The molecule has 0 heterocycles. The van der Waals surface area contributed by atoms with Crippen molar-refractivity contribution in [2.24, 2.45) is 0 Å². The predicted octanol–water partition coefficient (Wildman–Crippen LogP) is 4.53. The molecule has 0 saturated carbocycles. The second-order valence-corrected chi connectivity index (χ2v) is 4.80. The van der Waals surface area contributed by atoms with Crippen LogP contribution >= 0.6 is 0 Å². The van der Waals surface area contributed by atoms with E-state index in [9.17, 15) is 0 Å². The monoisotopic (exact) mass is 268 g/mol. The number of hydrogen-bond donors (Lipinski definition) is 0. The molecule has 1 atom stereocenters. The summed E-state index contributed by atoms with van der Waals surface area (Å²) in [6.45, 7) is 6.57. The second-order valence-electron chi connectivity index (χ2n) is 4.80. The van der Waals surface area contributed by atoms with Crippen LogP contribution in [0, 0.1) is 0 Å². The summed E-state index contributed by atoms with van der Waals surface area (Å²) < 4.78 is 11.2. The molecule has 20 heavy (non-hydrogen) atoms. The fraction of sp³-hybridized carbons (Fsp3) is 0.222. The normalized spacial score (nSPS) is 11.9. The van der Waals surface area contributed by atoms with Crippen LogP contribution in [0.5, 0.6) is 5.75 Å². The lowest BCUT2D eigenvalue weighted by atomic mass is 10.0. The molecule has 0 aliphatic rings. The summed E-state index contributed by atoms with van der Waals surface area (Å²) in [6, 6.07) is 18.1. The highest BCUT2D eigenvalue weighted by Gasteiger charge is 2.12. The van der Waals surface area contributed by atoms with Gasteiger partial charge in [-0.2, -0.15) is 0 Å². The first-order valence-electron chi connectivity index (χ1n) is 6.65. The highest BCUT2D eigenvalue weighted by atomic mass is 16.5. The molecule has 2 rings (SSSR count). The van der Waals surface area contributed by atoms with Crippen LogP contribution in [0.1, 0.15) is 24.2 Å². The number of hydrogen-bond acceptors (Lipinski definition) is 2. The van der Waals surface area contributed by atoms with E-state index in [1.54, 1.807) is 7.11 Å². The Bertz CT molecular complexity index is 543. The summed E-state index contributed by atoms with van der Waals surface area (Å²) in [5.41, 5.74) is 3.26. The van der Waals surface area contributed by atoms with Gasteiger partial charge in [-0.3, -0.25) is 0 Å². The van der Waals surface area contributed by atoms with E-state index in [0.717, 1.165) is 22.4 Å². The van der Waals surface area contributed by atoms with Crippen molar-refractivity contribution in [1.29, 1.82) is 0 Å². The molecular formula is C18H20O2. The van der Waals surface area contributed by atoms with Crippen molar-refractivity contribution in [3.8, 4) is 5.75 Å². The quantitative estimate of drug-likeness (QED) is 0.717. The lowest BCUT2D eigenvalue weighted by Crippen LogP contribution is -2.05. The molecule has 0 spiro atoms. The Morgan fingerprint density at radius 2 is 1.70 bits per heavy atom. The van der Waals surface area contributed by atoms with Crippen LogP contribution < -0.4 is 4.74 Å². The highest BCUT2D eigenvalue weighted by molar-refractivity contribution is 5.27. The van der Waals surface area contributed by atoms with E-state index in [1.807, 2.05) is 49.4 Å². The van der Waals surface area contributed by atoms with Gasteiger partial charge < -0.3 is 9.47 Å². The van der Waals surface area contributed by atoms with E-state index in [4.69, 9.17) is 9.47 Å². The van der Waals surface area contributed by atoms with Gasteiger partial charge in [0.05, 0.1) is 13.7 Å². The molecule has 1 unspecified atom stereocenters. The number of benzene rings is 2. The van der Waals surface area contributed by atoms with Crippen molar-refractivity contribution < 1.29 is 9.47 Å². The average Bonchev–Trinajstić information content (AvgIpc) is 2.49. The highest BCUT2D eigenvalue weighted by Crippen LogP contribution is 2.25. The van der Waals surface area contributed by atoms with Gasteiger partial charge in [-0.15, -0.1) is 0 Å². The third kappa shape index (κ3) is 3.72. The fourth-order valence-electron chi connectivity index (χ4n) is 2.05. The zero-order chi connectivity index (χ0) is 14.4. The van der Waals surface area contributed by atoms with Crippen molar-refractivity contribution in [1.82, 2.24) is 0 Å². The number of ether oxygens (including phenoxy) is 2. The van der Waals surface area contributed by atoms with E-state index in [-0.39, 0.29) is 6.10 Å². The van der Waals surface area contributed by atoms with Crippen LogP contribution in [0.4, 0.5) is 0 Å². The van der Waals surface area contributed by atoms with Crippen molar-refractivity contribution >= 4 is 0 Å². The van der Waals surface area contributed by atoms with Gasteiger partial charge in [0.2, 0.25) is 0 Å². The molecule has 2 aromatic carbocycles. The Balaban J connectivity index is 2.04. The average molecular weight is 268 g/mol. The molecule has 0 amide bonds. The first-order valence-corrected chi connectivity index (χ1v) is 6.65. The topological polar surface area (TPSA) is 18.5 Å². The molecule has 0 aromatic heterocycles. The van der Waals surface area contributed by atoms with Gasteiger partial charge in [-0.05, 0) is 35.8 Å². The van der Waals surface area contributed by atoms with Gasteiger partial charge in [0.25, 0.3) is 0 Å². The SMILES string of the molecule is C=C(C)C(OCc1ccc(OC)cc1)c1ccccc1. The molecule has 0 bridgehead atoms. The fourth-order valence-corrected chi connectivity index (χ4v) is 2.05. The molecule has 0 saturated heterocycles. The third-order valence-electron chi connectivity index (χ3n) is 3.13. The molecule has 0 N–H and O–H groups in total. The largest absolute Gasteiger partial charge is 0.497 e. The van der Waals surface area contributed by atoms with Crippen LogP contribution in [0.3, 0.4) is 0 Å². The molecule has 2 nitrogen and oxygen atoms in total. The standard InChI is InChI=1S/C18H20O2/c1-14(2)18(16-7-5-4-6-8-16)20-13-15-9-11-17(19-3)12-10-15/h4-12,18H,1,13H2,2-3H3. The Kier molecular flexibility index (Phi) is 4.97. The van der Waals surface area contributed by atoms with Gasteiger partial charge in [0, 0.05) is 0 Å². The zero-order valence-electron chi connectivity index (χ0n) is 12.0. The maximum atomic E-state index is 6.01. The maximum Gasteiger partial charge on any atom is 0.118 e. The minimum absolute atomic E-state index is 0.0710. The third-order valence-corrected chi connectivity index (χ3v) is 3.13. The minimum Gasteiger partial charge on any atom is -0.497 e. The Labute approximate surface area is 120 Å². The minimum atomic E-state index is -0.0710. The lowest BCUT2D eigenvalue weighted by Gasteiger charge is -2.18. The van der Waals surface area contributed by atoms with Crippen LogP contribution in [0.25, 0.3) is 0 Å². The molecular weight excluding hydrogens is 248 g/mol. The van der Waals surface area contributed by atoms with Crippen molar-refractivity contribution in [3.63, 3.8) is 0 Å². The number of rotatable bonds is 6. The van der Waals surface area contributed by atoms with Gasteiger partial charge in [0.1, 0.15) is 11.9 Å². The summed E-state index contributed by atoms with van der Waals surface area (Å²) in [7, 11) is 1.66. The molecule has 0 aliphatic carbocycles. The van der Waals surface area contributed by atoms with E-state index in [1.165, 1.54) is 0 Å². The molecule has 0 fully saturated rings. The maximum absolute atomic E-state index is 6.01. The smallest absolute Gasteiger partial charge is 0.118 e. The summed E-state index contributed by atoms with van der Waals surface area (Å²) in [5, 5.41) is 0. The van der Waals surface area contributed by atoms with E-state index < -0.39 is 0 Å². The summed E-state index contributed by atoms with van der Waals surface area (Å²) in [6.07, 6.45) is -0.0710. The van der Waals surface area contributed by atoms with Gasteiger partial charge >= 0.3 is 0 Å². The Morgan fingerprint density at radius 3 is 2.25 bits per heavy atom. The van der Waals surface area contributed by atoms with Crippen LogP contribution in [0.15, 0.2) is 66.7 Å². The van der Waals surface area contributed by atoms with Gasteiger partial charge in [-0.1, -0.05) is 49.0 Å². The van der Waals surface area contributed by atoms with Gasteiger partial charge in [-0.25, -0.2) is 0 Å². The van der Waals surface area contributed by atoms with Crippen molar-refractivity contribution in [3.05, 3.63) is 77.9 Å². The summed E-state index contributed by atoms with van der Waals surface area (Å²) in [4.78, 5) is 0. The molecule has 2 heteroatoms. The Morgan fingerprint density at radius 1 is 1.05 bits per heavy atom. The number of methoxy groups -OCH3 is 1. The van der Waals surface area contributed by atoms with E-state index >= 15 is 0 Å². The molecule has 104 valence electrons. The Hall–Kier alpha value is -2.06.